The van der Waals surface area contributed by atoms with Crippen molar-refractivity contribution in [3.05, 3.63) is 17.3 Å². The molecule has 0 bridgehead atoms. The zero-order valence-corrected chi connectivity index (χ0v) is 15.8. The highest BCUT2D eigenvalue weighted by molar-refractivity contribution is 7.18. The Hall–Kier alpha value is -2.18. The van der Waals surface area contributed by atoms with Crippen molar-refractivity contribution < 1.29 is 35.5 Å². The van der Waals surface area contributed by atoms with Crippen molar-refractivity contribution >= 4 is 33.3 Å². The molecule has 2 aromatic heterocycles. The van der Waals surface area contributed by atoms with Crippen molar-refractivity contribution in [3.63, 3.8) is 0 Å². The van der Waals surface area contributed by atoms with E-state index in [4.69, 9.17) is 0 Å². The van der Waals surface area contributed by atoms with E-state index in [1.165, 1.54) is 17.7 Å². The molecule has 1 aliphatic rings. The molecule has 160 valence electrons. The number of aryl methyl sites for hydroxylation is 1. The van der Waals surface area contributed by atoms with Crippen molar-refractivity contribution in [2.24, 2.45) is 0 Å². The minimum atomic E-state index is -6.55. The second kappa shape index (κ2) is 7.26. The van der Waals surface area contributed by atoms with Gasteiger partial charge in [0, 0.05) is 31.1 Å². The lowest BCUT2D eigenvalue weighted by Gasteiger charge is -2.38. The number of piperazine rings is 1. The van der Waals surface area contributed by atoms with E-state index in [1.807, 2.05) is 13.0 Å². The van der Waals surface area contributed by atoms with Crippen LogP contribution in [0.4, 0.5) is 36.6 Å². The van der Waals surface area contributed by atoms with Crippen molar-refractivity contribution in [1.29, 1.82) is 0 Å². The van der Waals surface area contributed by atoms with Crippen LogP contribution in [0.2, 0.25) is 0 Å². The third-order valence-electron chi connectivity index (χ3n) is 4.59. The highest BCUT2D eigenvalue weighted by Gasteiger charge is 2.76. The maximum atomic E-state index is 13.7. The summed E-state index contributed by atoms with van der Waals surface area (Å²) in [4.78, 5) is 23.8. The summed E-state index contributed by atoms with van der Waals surface area (Å²) in [6, 6.07) is 1.88. The fraction of sp³-hybridized carbons (Fsp3) is 0.562. The van der Waals surface area contributed by atoms with Gasteiger partial charge in [-0.25, -0.2) is 9.97 Å². The Kier molecular flexibility index (Phi) is 5.39. The summed E-state index contributed by atoms with van der Waals surface area (Å²) < 4.78 is 90.4. The fourth-order valence-electron chi connectivity index (χ4n) is 2.95. The van der Waals surface area contributed by atoms with Crippen LogP contribution < -0.4 is 4.90 Å². The van der Waals surface area contributed by atoms with Gasteiger partial charge in [0.15, 0.2) is 0 Å². The first-order valence-electron chi connectivity index (χ1n) is 8.50. The van der Waals surface area contributed by atoms with E-state index in [0.29, 0.717) is 15.5 Å². The minimum Gasteiger partial charge on any atom is -0.352 e. The third kappa shape index (κ3) is 3.60. The van der Waals surface area contributed by atoms with Gasteiger partial charge in [-0.05, 0) is 12.5 Å². The second-order valence-corrected chi connectivity index (χ2v) is 7.52. The number of amides is 1. The van der Waals surface area contributed by atoms with E-state index in [1.54, 1.807) is 4.90 Å². The molecule has 1 amide bonds. The molecule has 0 aliphatic carbocycles. The summed E-state index contributed by atoms with van der Waals surface area (Å²) in [5.41, 5.74) is 0. The van der Waals surface area contributed by atoms with Gasteiger partial charge in [-0.2, -0.15) is 30.7 Å². The number of thiophene rings is 1. The molecule has 0 spiro atoms. The number of nitrogens with zero attached hydrogens (tertiary/aromatic N) is 4. The Morgan fingerprint density at radius 2 is 1.69 bits per heavy atom. The summed E-state index contributed by atoms with van der Waals surface area (Å²) in [6.07, 6.45) is -4.45. The molecule has 2 aromatic rings. The van der Waals surface area contributed by atoms with E-state index in [-0.39, 0.29) is 13.1 Å². The van der Waals surface area contributed by atoms with Crippen LogP contribution in [0.15, 0.2) is 12.4 Å². The molecule has 29 heavy (non-hydrogen) atoms. The molecule has 0 unspecified atom stereocenters. The van der Waals surface area contributed by atoms with Gasteiger partial charge >= 0.3 is 18.0 Å². The number of carbonyl (C=O) groups excluding carboxylic acids is 1. The first-order chi connectivity index (χ1) is 13.4. The SMILES string of the molecule is CCc1cc2c(N3CCN(C(=O)C(F)(F)C(F)(F)C(F)(F)F)CC3)ncnc2s1. The fourth-order valence-corrected chi connectivity index (χ4v) is 3.88. The van der Waals surface area contributed by atoms with Gasteiger partial charge in [0.05, 0.1) is 5.39 Å². The molecule has 0 aromatic carbocycles. The van der Waals surface area contributed by atoms with Crippen LogP contribution in [0.1, 0.15) is 11.8 Å². The van der Waals surface area contributed by atoms with E-state index >= 15 is 0 Å². The lowest BCUT2D eigenvalue weighted by Crippen LogP contribution is -2.62. The zero-order valence-electron chi connectivity index (χ0n) is 14.9. The minimum absolute atomic E-state index is 0.0528. The van der Waals surface area contributed by atoms with Crippen molar-refractivity contribution in [2.75, 3.05) is 31.1 Å². The average Bonchev–Trinajstić information content (AvgIpc) is 3.10. The summed E-state index contributed by atoms with van der Waals surface area (Å²) >= 11 is 1.46. The Bertz CT molecular complexity index is 906. The molecule has 0 saturated carbocycles. The van der Waals surface area contributed by atoms with Gasteiger partial charge in [-0.1, -0.05) is 6.92 Å². The quantitative estimate of drug-likeness (QED) is 0.675. The number of rotatable bonds is 4. The molecule has 13 heteroatoms. The van der Waals surface area contributed by atoms with Gasteiger partial charge in [0.2, 0.25) is 0 Å². The maximum absolute atomic E-state index is 13.7. The van der Waals surface area contributed by atoms with Crippen LogP contribution in [-0.4, -0.2) is 65.0 Å². The molecule has 3 heterocycles. The van der Waals surface area contributed by atoms with E-state index in [0.717, 1.165) is 16.7 Å². The summed E-state index contributed by atoms with van der Waals surface area (Å²) in [5, 5.41) is 0.725. The number of aromatic nitrogens is 2. The third-order valence-corrected chi connectivity index (χ3v) is 5.78. The molecular formula is C16H15F7N4OS. The van der Waals surface area contributed by atoms with Gasteiger partial charge < -0.3 is 9.80 Å². The number of carbonyl (C=O) groups is 1. The molecule has 1 aliphatic heterocycles. The van der Waals surface area contributed by atoms with Crippen LogP contribution >= 0.6 is 11.3 Å². The first kappa shape index (κ1) is 21.5. The molecular weight excluding hydrogens is 429 g/mol. The summed E-state index contributed by atoms with van der Waals surface area (Å²) in [7, 11) is 0. The van der Waals surface area contributed by atoms with E-state index in [9.17, 15) is 35.5 Å². The molecule has 0 radical (unpaired) electrons. The number of hydrogen-bond acceptors (Lipinski definition) is 5. The average molecular weight is 444 g/mol. The maximum Gasteiger partial charge on any atom is 0.460 e. The zero-order chi connectivity index (χ0) is 21.6. The molecule has 5 nitrogen and oxygen atoms in total. The number of anilines is 1. The van der Waals surface area contributed by atoms with Crippen molar-refractivity contribution in [2.45, 2.75) is 31.4 Å². The Balaban J connectivity index is 1.76. The normalized spacial score (nSPS) is 16.6. The van der Waals surface area contributed by atoms with Crippen LogP contribution in [0.3, 0.4) is 0 Å². The van der Waals surface area contributed by atoms with Crippen LogP contribution in [0.5, 0.6) is 0 Å². The Labute approximate surface area is 164 Å². The standard InChI is InChI=1S/C16H15F7N4OS/c1-2-9-7-10-11(24-8-25-12(10)29-9)26-3-5-27(6-4-26)13(28)14(17,18)15(19,20)16(21,22)23/h7-8H,2-6H2,1H3. The second-order valence-electron chi connectivity index (χ2n) is 6.41. The number of fused-ring (bicyclic) bond motifs is 1. The smallest absolute Gasteiger partial charge is 0.352 e. The molecule has 0 atom stereocenters. The largest absolute Gasteiger partial charge is 0.460 e. The summed E-state index contributed by atoms with van der Waals surface area (Å²) in [5.74, 6) is -14.4. The van der Waals surface area contributed by atoms with Gasteiger partial charge in [0.1, 0.15) is 17.0 Å². The Morgan fingerprint density at radius 1 is 1.07 bits per heavy atom. The first-order valence-corrected chi connectivity index (χ1v) is 9.32. The lowest BCUT2D eigenvalue weighted by molar-refractivity contribution is -0.346. The predicted molar refractivity (Wildman–Crippen MR) is 91.5 cm³/mol. The predicted octanol–water partition coefficient (Wildman–Crippen LogP) is 3.74. The van der Waals surface area contributed by atoms with Crippen LogP contribution in [0, 0.1) is 0 Å². The number of alkyl halides is 7. The highest BCUT2D eigenvalue weighted by Crippen LogP contribution is 2.47. The Morgan fingerprint density at radius 3 is 2.24 bits per heavy atom. The molecule has 1 fully saturated rings. The lowest BCUT2D eigenvalue weighted by atomic mass is 10.1. The molecule has 1 saturated heterocycles. The van der Waals surface area contributed by atoms with Gasteiger partial charge in [-0.15, -0.1) is 11.3 Å². The molecule has 3 rings (SSSR count). The topological polar surface area (TPSA) is 49.3 Å². The van der Waals surface area contributed by atoms with Gasteiger partial charge in [-0.3, -0.25) is 4.79 Å². The van der Waals surface area contributed by atoms with E-state index in [2.05, 4.69) is 9.97 Å². The van der Waals surface area contributed by atoms with Crippen LogP contribution in [-0.2, 0) is 11.2 Å². The van der Waals surface area contributed by atoms with Crippen molar-refractivity contribution in [1.82, 2.24) is 14.9 Å². The monoisotopic (exact) mass is 444 g/mol. The van der Waals surface area contributed by atoms with Crippen molar-refractivity contribution in [3.8, 4) is 0 Å². The number of hydrogen-bond donors (Lipinski definition) is 0. The van der Waals surface area contributed by atoms with E-state index < -0.39 is 37.0 Å². The van der Waals surface area contributed by atoms with Gasteiger partial charge in [0.25, 0.3) is 5.91 Å². The highest BCUT2D eigenvalue weighted by atomic mass is 32.1. The number of halogens is 7. The molecule has 0 N–H and O–H groups in total. The van der Waals surface area contributed by atoms with Crippen LogP contribution in [0.25, 0.3) is 10.2 Å². The summed E-state index contributed by atoms with van der Waals surface area (Å²) in [6.45, 7) is 0.960.